The minimum Gasteiger partial charge on any atom is -0.476 e. The standard InChI is InChI=1S/C12H19N3O3S/c1-3-4-5-8(13)10(16)14-7(2)11-15-9(6-19-11)12(17)18/h6-8H,3-5,13H2,1-2H3,(H,14,16)(H,17,18). The summed E-state index contributed by atoms with van der Waals surface area (Å²) in [5, 5.41) is 13.6. The molecule has 19 heavy (non-hydrogen) atoms. The van der Waals surface area contributed by atoms with Crippen LogP contribution in [0.5, 0.6) is 0 Å². The highest BCUT2D eigenvalue weighted by Crippen LogP contribution is 2.18. The third kappa shape index (κ3) is 4.60. The van der Waals surface area contributed by atoms with E-state index in [4.69, 9.17) is 10.8 Å². The Morgan fingerprint density at radius 1 is 1.58 bits per heavy atom. The zero-order valence-corrected chi connectivity index (χ0v) is 11.9. The maximum Gasteiger partial charge on any atom is 0.355 e. The van der Waals surface area contributed by atoms with Crippen molar-refractivity contribution in [2.75, 3.05) is 0 Å². The number of aromatic carboxylic acids is 1. The zero-order valence-electron chi connectivity index (χ0n) is 11.0. The number of nitrogens with one attached hydrogen (secondary N) is 1. The van der Waals surface area contributed by atoms with E-state index in [1.807, 2.05) is 6.92 Å². The number of carboxylic acids is 1. The fourth-order valence-electron chi connectivity index (χ4n) is 1.52. The van der Waals surface area contributed by atoms with Crippen molar-refractivity contribution in [3.8, 4) is 0 Å². The summed E-state index contributed by atoms with van der Waals surface area (Å²) in [6.07, 6.45) is 2.54. The van der Waals surface area contributed by atoms with Crippen molar-refractivity contribution in [2.45, 2.75) is 45.2 Å². The van der Waals surface area contributed by atoms with Gasteiger partial charge in [-0.05, 0) is 13.3 Å². The van der Waals surface area contributed by atoms with Gasteiger partial charge in [0.15, 0.2) is 5.69 Å². The smallest absolute Gasteiger partial charge is 0.355 e. The van der Waals surface area contributed by atoms with Crippen LogP contribution in [0.15, 0.2) is 5.38 Å². The number of nitrogens with two attached hydrogens (primary N) is 1. The van der Waals surface area contributed by atoms with Crippen LogP contribution in [0.1, 0.15) is 54.6 Å². The molecule has 4 N–H and O–H groups in total. The molecule has 1 amide bonds. The average Bonchev–Trinajstić information content (AvgIpc) is 2.85. The monoisotopic (exact) mass is 285 g/mol. The lowest BCUT2D eigenvalue weighted by molar-refractivity contribution is -0.123. The highest BCUT2D eigenvalue weighted by molar-refractivity contribution is 7.09. The summed E-state index contributed by atoms with van der Waals surface area (Å²) in [5.74, 6) is -1.30. The third-order valence-electron chi connectivity index (χ3n) is 2.68. The van der Waals surface area contributed by atoms with E-state index >= 15 is 0 Å². The van der Waals surface area contributed by atoms with Crippen LogP contribution in [-0.4, -0.2) is 28.0 Å². The van der Waals surface area contributed by atoms with Crippen LogP contribution in [0, 0.1) is 0 Å². The number of aromatic nitrogens is 1. The van der Waals surface area contributed by atoms with Gasteiger partial charge in [0.2, 0.25) is 5.91 Å². The third-order valence-corrected chi connectivity index (χ3v) is 3.70. The Morgan fingerprint density at radius 2 is 2.26 bits per heavy atom. The summed E-state index contributed by atoms with van der Waals surface area (Å²) in [6, 6.07) is -0.861. The second-order valence-electron chi connectivity index (χ2n) is 4.36. The summed E-state index contributed by atoms with van der Waals surface area (Å²) in [5.41, 5.74) is 5.76. The molecule has 7 heteroatoms. The summed E-state index contributed by atoms with van der Waals surface area (Å²) < 4.78 is 0. The Labute approximate surface area is 116 Å². The van der Waals surface area contributed by atoms with Gasteiger partial charge in [-0.25, -0.2) is 9.78 Å². The number of thiazole rings is 1. The van der Waals surface area contributed by atoms with Crippen molar-refractivity contribution in [3.63, 3.8) is 0 Å². The molecule has 1 rings (SSSR count). The first-order chi connectivity index (χ1) is 8.95. The molecule has 2 atom stereocenters. The van der Waals surface area contributed by atoms with Crippen molar-refractivity contribution in [1.29, 1.82) is 0 Å². The van der Waals surface area contributed by atoms with E-state index < -0.39 is 12.0 Å². The largest absolute Gasteiger partial charge is 0.476 e. The van der Waals surface area contributed by atoms with Gasteiger partial charge in [0.05, 0.1) is 12.1 Å². The molecule has 0 spiro atoms. The topological polar surface area (TPSA) is 105 Å². The number of hydrogen-bond acceptors (Lipinski definition) is 5. The minimum absolute atomic E-state index is 0.00335. The molecule has 0 aliphatic rings. The molecule has 2 unspecified atom stereocenters. The number of carboxylic acid groups (broad SMARTS) is 1. The first-order valence-corrected chi connectivity index (χ1v) is 7.08. The molecule has 0 saturated heterocycles. The quantitative estimate of drug-likeness (QED) is 0.704. The van der Waals surface area contributed by atoms with Crippen LogP contribution < -0.4 is 11.1 Å². The fraction of sp³-hybridized carbons (Fsp3) is 0.583. The van der Waals surface area contributed by atoms with E-state index in [-0.39, 0.29) is 17.6 Å². The lowest BCUT2D eigenvalue weighted by Crippen LogP contribution is -2.41. The number of hydrogen-bond donors (Lipinski definition) is 3. The average molecular weight is 285 g/mol. The van der Waals surface area contributed by atoms with E-state index in [9.17, 15) is 9.59 Å². The van der Waals surface area contributed by atoms with Crippen LogP contribution in [0.4, 0.5) is 0 Å². The van der Waals surface area contributed by atoms with Gasteiger partial charge >= 0.3 is 5.97 Å². The number of nitrogens with zero attached hydrogens (tertiary/aromatic N) is 1. The fourth-order valence-corrected chi connectivity index (χ4v) is 2.32. The Bertz CT molecular complexity index is 447. The lowest BCUT2D eigenvalue weighted by Gasteiger charge is -2.15. The van der Waals surface area contributed by atoms with E-state index in [2.05, 4.69) is 10.3 Å². The Balaban J connectivity index is 2.55. The molecular weight excluding hydrogens is 266 g/mol. The van der Waals surface area contributed by atoms with Gasteiger partial charge in [-0.3, -0.25) is 4.79 Å². The maximum absolute atomic E-state index is 11.8. The molecule has 0 aliphatic carbocycles. The highest BCUT2D eigenvalue weighted by atomic mass is 32.1. The van der Waals surface area contributed by atoms with Gasteiger partial charge in [-0.15, -0.1) is 11.3 Å². The molecule has 1 aromatic rings. The Hall–Kier alpha value is -1.47. The molecule has 0 bridgehead atoms. The van der Waals surface area contributed by atoms with Crippen LogP contribution >= 0.6 is 11.3 Å². The van der Waals surface area contributed by atoms with Gasteiger partial charge in [0, 0.05) is 5.38 Å². The zero-order chi connectivity index (χ0) is 14.4. The van der Waals surface area contributed by atoms with Crippen molar-refractivity contribution >= 4 is 23.2 Å². The van der Waals surface area contributed by atoms with E-state index in [1.165, 1.54) is 16.7 Å². The van der Waals surface area contributed by atoms with Crippen molar-refractivity contribution < 1.29 is 14.7 Å². The molecule has 0 saturated carbocycles. The van der Waals surface area contributed by atoms with E-state index in [1.54, 1.807) is 6.92 Å². The van der Waals surface area contributed by atoms with Crippen LogP contribution in [0.3, 0.4) is 0 Å². The summed E-state index contributed by atoms with van der Waals surface area (Å²) >= 11 is 1.21. The van der Waals surface area contributed by atoms with Gasteiger partial charge in [0.25, 0.3) is 0 Å². The Morgan fingerprint density at radius 3 is 2.79 bits per heavy atom. The second kappa shape index (κ2) is 7.20. The van der Waals surface area contributed by atoms with Gasteiger partial charge < -0.3 is 16.2 Å². The SMILES string of the molecule is CCCCC(N)C(=O)NC(C)c1nc(C(=O)O)cs1. The molecule has 1 aromatic heterocycles. The van der Waals surface area contributed by atoms with E-state index in [0.717, 1.165) is 12.8 Å². The van der Waals surface area contributed by atoms with Gasteiger partial charge in [-0.2, -0.15) is 0 Å². The van der Waals surface area contributed by atoms with Crippen molar-refractivity contribution in [2.24, 2.45) is 5.73 Å². The highest BCUT2D eigenvalue weighted by Gasteiger charge is 2.19. The molecule has 0 radical (unpaired) electrons. The first kappa shape index (κ1) is 15.6. The predicted octanol–water partition coefficient (Wildman–Crippen LogP) is 1.54. The van der Waals surface area contributed by atoms with Gasteiger partial charge in [-0.1, -0.05) is 19.8 Å². The van der Waals surface area contributed by atoms with Crippen LogP contribution in [-0.2, 0) is 4.79 Å². The molecule has 106 valence electrons. The normalized spacial score (nSPS) is 13.8. The molecule has 0 fully saturated rings. The number of unbranched alkanes of at least 4 members (excludes halogenated alkanes) is 1. The number of rotatable bonds is 7. The first-order valence-electron chi connectivity index (χ1n) is 6.20. The molecule has 0 aliphatic heterocycles. The van der Waals surface area contributed by atoms with Crippen molar-refractivity contribution in [1.82, 2.24) is 10.3 Å². The maximum atomic E-state index is 11.8. The molecular formula is C12H19N3O3S. The van der Waals surface area contributed by atoms with E-state index in [0.29, 0.717) is 11.4 Å². The summed E-state index contributed by atoms with van der Waals surface area (Å²) in [6.45, 7) is 3.80. The summed E-state index contributed by atoms with van der Waals surface area (Å²) in [7, 11) is 0. The number of carbonyl (C=O) groups is 2. The van der Waals surface area contributed by atoms with Gasteiger partial charge in [0.1, 0.15) is 5.01 Å². The minimum atomic E-state index is -1.07. The molecule has 1 heterocycles. The predicted molar refractivity (Wildman–Crippen MR) is 73.1 cm³/mol. The molecule has 6 nitrogen and oxygen atoms in total. The van der Waals surface area contributed by atoms with Crippen LogP contribution in [0.25, 0.3) is 0 Å². The molecule has 0 aromatic carbocycles. The lowest BCUT2D eigenvalue weighted by atomic mass is 10.1. The number of amides is 1. The summed E-state index contributed by atoms with van der Waals surface area (Å²) in [4.78, 5) is 26.5. The number of carbonyl (C=O) groups excluding carboxylic acids is 1. The Kier molecular flexibility index (Phi) is 5.91. The second-order valence-corrected chi connectivity index (χ2v) is 5.24. The van der Waals surface area contributed by atoms with Crippen LogP contribution in [0.2, 0.25) is 0 Å². The van der Waals surface area contributed by atoms with Crippen molar-refractivity contribution in [3.05, 3.63) is 16.1 Å².